The Balaban J connectivity index is 3.08. The molecule has 0 aliphatic rings. The summed E-state index contributed by atoms with van der Waals surface area (Å²) in [4.78, 5) is 22.4. The highest BCUT2D eigenvalue weighted by Gasteiger charge is 2.20. The van der Waals surface area contributed by atoms with Crippen LogP contribution in [0.2, 0.25) is 0 Å². The topological polar surface area (TPSA) is 67.2 Å². The number of rotatable bonds is 3. The van der Waals surface area contributed by atoms with Gasteiger partial charge in [-0.3, -0.25) is 10.2 Å². The standard InChI is InChI=1S/C11H9NO3/c1-15-11(14)10(13)9(7-12)8-5-3-2-4-6-8/h2-6,12H,1H3. The van der Waals surface area contributed by atoms with Crippen molar-refractivity contribution in [3.63, 3.8) is 0 Å². The zero-order valence-electron chi connectivity index (χ0n) is 8.11. The number of carbonyl (C=O) groups is 2. The van der Waals surface area contributed by atoms with Gasteiger partial charge in [-0.2, -0.15) is 0 Å². The minimum absolute atomic E-state index is 0.0950. The first kappa shape index (κ1) is 10.9. The lowest BCUT2D eigenvalue weighted by molar-refractivity contribution is -0.148. The molecule has 1 aromatic rings. The molecule has 0 radical (unpaired) electrons. The van der Waals surface area contributed by atoms with Crippen LogP contribution in [0.1, 0.15) is 5.56 Å². The molecule has 0 amide bonds. The number of benzene rings is 1. The van der Waals surface area contributed by atoms with Gasteiger partial charge in [-0.1, -0.05) is 30.3 Å². The third kappa shape index (κ3) is 2.39. The quantitative estimate of drug-likeness (QED) is 0.345. The van der Waals surface area contributed by atoms with Gasteiger partial charge in [0, 0.05) is 0 Å². The highest BCUT2D eigenvalue weighted by molar-refractivity contribution is 6.54. The predicted molar refractivity (Wildman–Crippen MR) is 54.6 cm³/mol. The zero-order chi connectivity index (χ0) is 11.3. The van der Waals surface area contributed by atoms with Crippen LogP contribution in [0.3, 0.4) is 0 Å². The number of carbonyl (C=O) groups excluding carboxylic acids is 2. The van der Waals surface area contributed by atoms with Crippen molar-refractivity contribution in [3.8, 4) is 0 Å². The molecule has 0 aliphatic heterocycles. The number of hydrogen-bond donors (Lipinski definition) is 1. The molecule has 0 unspecified atom stereocenters. The van der Waals surface area contributed by atoms with E-state index in [4.69, 9.17) is 5.41 Å². The van der Waals surface area contributed by atoms with Crippen LogP contribution in [-0.4, -0.2) is 24.7 Å². The van der Waals surface area contributed by atoms with Crippen LogP contribution in [-0.2, 0) is 14.3 Å². The van der Waals surface area contributed by atoms with Crippen LogP contribution in [0.15, 0.2) is 30.3 Å². The maximum Gasteiger partial charge on any atom is 0.380 e. The summed E-state index contributed by atoms with van der Waals surface area (Å²) in [6, 6.07) is 8.43. The molecule has 0 saturated heterocycles. The Hall–Kier alpha value is -2.19. The van der Waals surface area contributed by atoms with Crippen LogP contribution in [0, 0.1) is 5.41 Å². The van der Waals surface area contributed by atoms with Gasteiger partial charge in [-0.15, -0.1) is 0 Å². The maximum atomic E-state index is 11.4. The summed E-state index contributed by atoms with van der Waals surface area (Å²) in [5.74, 6) is 0.0953. The van der Waals surface area contributed by atoms with Gasteiger partial charge in [0.05, 0.1) is 12.7 Å². The second-order valence-electron chi connectivity index (χ2n) is 2.69. The minimum Gasteiger partial charge on any atom is -0.463 e. The number of Topliss-reactive ketones (excluding diaryl/α,β-unsaturated/α-hetero) is 1. The van der Waals surface area contributed by atoms with E-state index in [0.717, 1.165) is 7.11 Å². The molecule has 0 heterocycles. The van der Waals surface area contributed by atoms with Gasteiger partial charge in [0.15, 0.2) is 0 Å². The average Bonchev–Trinajstić information content (AvgIpc) is 2.30. The first-order valence-electron chi connectivity index (χ1n) is 4.18. The molecule has 15 heavy (non-hydrogen) atoms. The zero-order valence-corrected chi connectivity index (χ0v) is 8.11. The molecule has 4 heteroatoms. The molecular weight excluding hydrogens is 194 g/mol. The van der Waals surface area contributed by atoms with Crippen molar-refractivity contribution in [3.05, 3.63) is 35.9 Å². The van der Waals surface area contributed by atoms with Crippen molar-refractivity contribution >= 4 is 23.2 Å². The largest absolute Gasteiger partial charge is 0.463 e. The van der Waals surface area contributed by atoms with E-state index in [9.17, 15) is 9.59 Å². The fraction of sp³-hybridized carbons (Fsp3) is 0.0909. The van der Waals surface area contributed by atoms with Crippen molar-refractivity contribution in [1.29, 1.82) is 5.41 Å². The van der Waals surface area contributed by atoms with Gasteiger partial charge in [0.25, 0.3) is 5.78 Å². The first-order valence-corrected chi connectivity index (χ1v) is 4.18. The van der Waals surface area contributed by atoms with Crippen molar-refractivity contribution in [1.82, 2.24) is 0 Å². The molecule has 0 atom stereocenters. The fourth-order valence-corrected chi connectivity index (χ4v) is 1.06. The Bertz CT molecular complexity index is 430. The summed E-state index contributed by atoms with van der Waals surface area (Å²) in [6.07, 6.45) is 0. The van der Waals surface area contributed by atoms with E-state index in [1.54, 1.807) is 30.3 Å². The van der Waals surface area contributed by atoms with Gasteiger partial charge >= 0.3 is 5.97 Å². The Labute approximate surface area is 86.7 Å². The lowest BCUT2D eigenvalue weighted by Gasteiger charge is -2.01. The van der Waals surface area contributed by atoms with Gasteiger partial charge in [0.2, 0.25) is 0 Å². The highest BCUT2D eigenvalue weighted by Crippen LogP contribution is 2.12. The van der Waals surface area contributed by atoms with Gasteiger partial charge in [-0.05, 0) is 11.4 Å². The van der Waals surface area contributed by atoms with Crippen molar-refractivity contribution in [2.75, 3.05) is 7.11 Å². The van der Waals surface area contributed by atoms with E-state index < -0.39 is 11.8 Å². The maximum absolute atomic E-state index is 11.4. The van der Waals surface area contributed by atoms with Crippen LogP contribution in [0.5, 0.6) is 0 Å². The summed E-state index contributed by atoms with van der Waals surface area (Å²) in [5, 5.41) is 6.98. The number of methoxy groups -OCH3 is 1. The lowest BCUT2D eigenvalue weighted by atomic mass is 10.0. The Morgan fingerprint density at radius 3 is 2.33 bits per heavy atom. The third-order valence-electron chi connectivity index (χ3n) is 1.79. The molecule has 0 fully saturated rings. The SMILES string of the molecule is COC(=O)C(=O)C(=C=N)c1ccccc1. The normalized spacial score (nSPS) is 8.87. The van der Waals surface area contributed by atoms with E-state index in [-0.39, 0.29) is 5.57 Å². The van der Waals surface area contributed by atoms with E-state index in [0.29, 0.717) is 5.56 Å². The van der Waals surface area contributed by atoms with E-state index in [2.05, 4.69) is 4.74 Å². The van der Waals surface area contributed by atoms with Gasteiger partial charge in [-0.25, -0.2) is 4.79 Å². The fourth-order valence-electron chi connectivity index (χ4n) is 1.06. The smallest absolute Gasteiger partial charge is 0.380 e. The molecule has 0 spiro atoms. The molecule has 1 rings (SSSR count). The van der Waals surface area contributed by atoms with E-state index in [1.165, 1.54) is 0 Å². The number of esters is 1. The summed E-state index contributed by atoms with van der Waals surface area (Å²) in [5.41, 5.74) is 0.380. The minimum atomic E-state index is -0.992. The van der Waals surface area contributed by atoms with E-state index in [1.807, 2.05) is 5.87 Å². The lowest BCUT2D eigenvalue weighted by Crippen LogP contribution is -2.17. The molecule has 0 aromatic heterocycles. The van der Waals surface area contributed by atoms with E-state index >= 15 is 0 Å². The predicted octanol–water partition coefficient (Wildman–Crippen LogP) is 1.06. The Kier molecular flexibility index (Phi) is 3.55. The number of ether oxygens (including phenoxy) is 1. The molecule has 1 aromatic carbocycles. The Morgan fingerprint density at radius 1 is 1.27 bits per heavy atom. The Morgan fingerprint density at radius 2 is 1.87 bits per heavy atom. The number of ketones is 1. The van der Waals surface area contributed by atoms with Crippen LogP contribution < -0.4 is 0 Å². The molecule has 76 valence electrons. The molecular formula is C11H9NO3. The molecule has 0 bridgehead atoms. The highest BCUT2D eigenvalue weighted by atomic mass is 16.5. The molecule has 1 N–H and O–H groups in total. The van der Waals surface area contributed by atoms with Gasteiger partial charge in [0.1, 0.15) is 0 Å². The first-order chi connectivity index (χ1) is 7.20. The van der Waals surface area contributed by atoms with Crippen LogP contribution in [0.25, 0.3) is 5.57 Å². The van der Waals surface area contributed by atoms with Gasteiger partial charge < -0.3 is 4.74 Å². The molecule has 0 aliphatic carbocycles. The summed E-state index contributed by atoms with van der Waals surface area (Å²) < 4.78 is 4.28. The van der Waals surface area contributed by atoms with Crippen LogP contribution >= 0.6 is 0 Å². The second kappa shape index (κ2) is 4.88. The third-order valence-corrected chi connectivity index (χ3v) is 1.79. The van der Waals surface area contributed by atoms with Crippen molar-refractivity contribution in [2.45, 2.75) is 0 Å². The monoisotopic (exact) mass is 203 g/mol. The molecule has 4 nitrogen and oxygen atoms in total. The number of hydrogen-bond acceptors (Lipinski definition) is 4. The summed E-state index contributed by atoms with van der Waals surface area (Å²) in [7, 11) is 1.12. The summed E-state index contributed by atoms with van der Waals surface area (Å²) >= 11 is 0. The van der Waals surface area contributed by atoms with Crippen molar-refractivity contribution < 1.29 is 14.3 Å². The second-order valence-corrected chi connectivity index (χ2v) is 2.69. The van der Waals surface area contributed by atoms with Crippen LogP contribution in [0.4, 0.5) is 0 Å². The summed E-state index contributed by atoms with van der Waals surface area (Å²) in [6.45, 7) is 0. The molecule has 0 saturated carbocycles. The number of nitrogens with one attached hydrogen (secondary N) is 1. The van der Waals surface area contributed by atoms with Crippen molar-refractivity contribution in [2.24, 2.45) is 0 Å². The average molecular weight is 203 g/mol.